The third kappa shape index (κ3) is 1.93. The van der Waals surface area contributed by atoms with E-state index >= 15 is 0 Å². The zero-order chi connectivity index (χ0) is 12.4. The largest absolute Gasteiger partial charge is 0.394 e. The SMILES string of the molecule is CCc1c(-c2ccccc2)nn(C)c(=O)c1N. The predicted molar refractivity (Wildman–Crippen MR) is 68.7 cm³/mol. The number of nitrogens with zero attached hydrogens (tertiary/aromatic N) is 2. The molecule has 2 rings (SSSR count). The van der Waals surface area contributed by atoms with Crippen LogP contribution >= 0.6 is 0 Å². The first-order chi connectivity index (χ1) is 8.15. The zero-order valence-electron chi connectivity index (χ0n) is 9.97. The van der Waals surface area contributed by atoms with Gasteiger partial charge in [-0.25, -0.2) is 4.68 Å². The van der Waals surface area contributed by atoms with Crippen molar-refractivity contribution < 1.29 is 0 Å². The van der Waals surface area contributed by atoms with Gasteiger partial charge in [0.05, 0.1) is 5.69 Å². The second kappa shape index (κ2) is 4.41. The Kier molecular flexibility index (Phi) is 2.95. The molecule has 0 amide bonds. The Morgan fingerprint density at radius 1 is 1.29 bits per heavy atom. The van der Waals surface area contributed by atoms with Gasteiger partial charge in [-0.15, -0.1) is 0 Å². The molecule has 0 radical (unpaired) electrons. The zero-order valence-corrected chi connectivity index (χ0v) is 9.97. The Bertz CT molecular complexity index is 588. The van der Waals surface area contributed by atoms with Crippen LogP contribution in [0.25, 0.3) is 11.3 Å². The Balaban J connectivity index is 2.74. The van der Waals surface area contributed by atoms with Crippen LogP contribution in [0, 0.1) is 0 Å². The summed E-state index contributed by atoms with van der Waals surface area (Å²) in [5, 5.41) is 4.30. The average molecular weight is 229 g/mol. The van der Waals surface area contributed by atoms with Gasteiger partial charge in [0.1, 0.15) is 5.69 Å². The maximum atomic E-state index is 11.7. The Morgan fingerprint density at radius 3 is 2.53 bits per heavy atom. The molecule has 0 saturated heterocycles. The number of aryl methyl sites for hydroxylation is 1. The molecule has 0 atom stereocenters. The van der Waals surface area contributed by atoms with Gasteiger partial charge in [-0.3, -0.25) is 4.79 Å². The fraction of sp³-hybridized carbons (Fsp3) is 0.231. The minimum absolute atomic E-state index is 0.235. The maximum Gasteiger partial charge on any atom is 0.289 e. The quantitative estimate of drug-likeness (QED) is 0.850. The summed E-state index contributed by atoms with van der Waals surface area (Å²) in [6.45, 7) is 1.97. The van der Waals surface area contributed by atoms with Crippen LogP contribution in [0.1, 0.15) is 12.5 Å². The summed E-state index contributed by atoms with van der Waals surface area (Å²) in [5.41, 5.74) is 8.50. The molecule has 2 aromatic rings. The lowest BCUT2D eigenvalue weighted by Gasteiger charge is -2.11. The molecule has 0 unspecified atom stereocenters. The van der Waals surface area contributed by atoms with Crippen molar-refractivity contribution in [1.82, 2.24) is 9.78 Å². The molecular formula is C13H15N3O. The molecule has 2 N–H and O–H groups in total. The van der Waals surface area contributed by atoms with E-state index in [1.54, 1.807) is 7.05 Å². The molecule has 4 nitrogen and oxygen atoms in total. The molecule has 0 aliphatic rings. The standard InChI is InChI=1S/C13H15N3O/c1-3-10-11(14)13(17)16(2)15-12(10)9-7-5-4-6-8-9/h4-8H,3,14H2,1-2H3. The normalized spacial score (nSPS) is 10.5. The lowest BCUT2D eigenvalue weighted by molar-refractivity contribution is 0.709. The Morgan fingerprint density at radius 2 is 1.94 bits per heavy atom. The Hall–Kier alpha value is -2.10. The van der Waals surface area contributed by atoms with Crippen molar-refractivity contribution >= 4 is 5.69 Å². The summed E-state index contributed by atoms with van der Waals surface area (Å²) < 4.78 is 1.29. The van der Waals surface area contributed by atoms with Gasteiger partial charge in [-0.1, -0.05) is 37.3 Å². The number of nitrogen functional groups attached to an aromatic ring is 1. The van der Waals surface area contributed by atoms with E-state index in [9.17, 15) is 4.79 Å². The number of anilines is 1. The molecule has 1 aromatic heterocycles. The average Bonchev–Trinajstić information content (AvgIpc) is 2.36. The van der Waals surface area contributed by atoms with Gasteiger partial charge in [0.15, 0.2) is 0 Å². The maximum absolute atomic E-state index is 11.7. The van der Waals surface area contributed by atoms with Gasteiger partial charge in [0, 0.05) is 18.2 Å². The summed E-state index contributed by atoms with van der Waals surface area (Å²) in [7, 11) is 1.62. The highest BCUT2D eigenvalue weighted by molar-refractivity contribution is 5.68. The van der Waals surface area contributed by atoms with E-state index in [4.69, 9.17) is 5.73 Å². The van der Waals surface area contributed by atoms with Crippen LogP contribution < -0.4 is 11.3 Å². The van der Waals surface area contributed by atoms with Crippen LogP contribution in [0.5, 0.6) is 0 Å². The highest BCUT2D eigenvalue weighted by atomic mass is 16.1. The number of hydrogen-bond acceptors (Lipinski definition) is 3. The van der Waals surface area contributed by atoms with Crippen molar-refractivity contribution in [2.45, 2.75) is 13.3 Å². The molecule has 1 aromatic carbocycles. The van der Waals surface area contributed by atoms with Crippen LogP contribution in [0.4, 0.5) is 5.69 Å². The van der Waals surface area contributed by atoms with E-state index in [1.165, 1.54) is 4.68 Å². The number of aromatic nitrogens is 2. The van der Waals surface area contributed by atoms with E-state index in [2.05, 4.69) is 5.10 Å². The second-order valence-corrected chi connectivity index (χ2v) is 3.89. The van der Waals surface area contributed by atoms with Gasteiger partial charge in [-0.05, 0) is 6.42 Å². The molecule has 4 heteroatoms. The fourth-order valence-corrected chi connectivity index (χ4v) is 1.87. The molecule has 0 spiro atoms. The third-order valence-corrected chi connectivity index (χ3v) is 2.79. The van der Waals surface area contributed by atoms with E-state index in [-0.39, 0.29) is 5.56 Å². The fourth-order valence-electron chi connectivity index (χ4n) is 1.87. The van der Waals surface area contributed by atoms with Crippen molar-refractivity contribution in [1.29, 1.82) is 0 Å². The summed E-state index contributed by atoms with van der Waals surface area (Å²) in [6, 6.07) is 9.76. The lowest BCUT2D eigenvalue weighted by atomic mass is 10.0. The van der Waals surface area contributed by atoms with Gasteiger partial charge in [0.25, 0.3) is 5.56 Å². The topological polar surface area (TPSA) is 60.9 Å². The van der Waals surface area contributed by atoms with E-state index in [1.807, 2.05) is 37.3 Å². The summed E-state index contributed by atoms with van der Waals surface area (Å²) >= 11 is 0. The smallest absolute Gasteiger partial charge is 0.289 e. The van der Waals surface area contributed by atoms with Crippen molar-refractivity contribution in [2.24, 2.45) is 7.05 Å². The molecule has 1 heterocycles. The van der Waals surface area contributed by atoms with Crippen molar-refractivity contribution in [3.8, 4) is 11.3 Å². The molecular weight excluding hydrogens is 214 g/mol. The molecule has 0 aliphatic carbocycles. The molecule has 0 fully saturated rings. The monoisotopic (exact) mass is 229 g/mol. The van der Waals surface area contributed by atoms with Gasteiger partial charge in [-0.2, -0.15) is 5.10 Å². The van der Waals surface area contributed by atoms with Crippen molar-refractivity contribution in [3.05, 3.63) is 46.2 Å². The number of benzene rings is 1. The van der Waals surface area contributed by atoms with Gasteiger partial charge >= 0.3 is 0 Å². The highest BCUT2D eigenvalue weighted by Gasteiger charge is 2.13. The van der Waals surface area contributed by atoms with Crippen LogP contribution in [0.3, 0.4) is 0 Å². The van der Waals surface area contributed by atoms with E-state index < -0.39 is 0 Å². The number of rotatable bonds is 2. The van der Waals surface area contributed by atoms with E-state index in [0.717, 1.165) is 16.8 Å². The molecule has 0 aliphatic heterocycles. The molecule has 17 heavy (non-hydrogen) atoms. The van der Waals surface area contributed by atoms with Gasteiger partial charge < -0.3 is 5.73 Å². The number of nitrogens with two attached hydrogens (primary N) is 1. The van der Waals surface area contributed by atoms with Crippen LogP contribution in [0.2, 0.25) is 0 Å². The summed E-state index contributed by atoms with van der Waals surface area (Å²) in [4.78, 5) is 11.7. The predicted octanol–water partition coefficient (Wildman–Crippen LogP) is 1.59. The minimum Gasteiger partial charge on any atom is -0.394 e. The van der Waals surface area contributed by atoms with Crippen LogP contribution in [0.15, 0.2) is 35.1 Å². The van der Waals surface area contributed by atoms with Crippen molar-refractivity contribution in [2.75, 3.05) is 5.73 Å². The van der Waals surface area contributed by atoms with Crippen LogP contribution in [-0.2, 0) is 13.5 Å². The second-order valence-electron chi connectivity index (χ2n) is 3.89. The molecule has 0 bridgehead atoms. The molecule has 0 saturated carbocycles. The lowest BCUT2D eigenvalue weighted by Crippen LogP contribution is -2.25. The third-order valence-electron chi connectivity index (χ3n) is 2.79. The first-order valence-corrected chi connectivity index (χ1v) is 5.56. The van der Waals surface area contributed by atoms with Crippen molar-refractivity contribution in [3.63, 3.8) is 0 Å². The van der Waals surface area contributed by atoms with Crippen LogP contribution in [-0.4, -0.2) is 9.78 Å². The first kappa shape index (κ1) is 11.4. The number of hydrogen-bond donors (Lipinski definition) is 1. The summed E-state index contributed by atoms with van der Waals surface area (Å²) in [6.07, 6.45) is 0.694. The Labute approximate surface area is 99.7 Å². The minimum atomic E-state index is -0.235. The first-order valence-electron chi connectivity index (χ1n) is 5.56. The van der Waals surface area contributed by atoms with E-state index in [0.29, 0.717) is 12.1 Å². The summed E-state index contributed by atoms with van der Waals surface area (Å²) in [5.74, 6) is 0. The van der Waals surface area contributed by atoms with Gasteiger partial charge in [0.2, 0.25) is 0 Å². The highest BCUT2D eigenvalue weighted by Crippen LogP contribution is 2.23. The molecule has 88 valence electrons.